The summed E-state index contributed by atoms with van der Waals surface area (Å²) in [5.74, 6) is 12.4. The van der Waals surface area contributed by atoms with Crippen molar-refractivity contribution in [1.82, 2.24) is 39.9 Å². The molecule has 12 heterocycles. The SMILES string of the molecule is CCOC(=O)c1ccc(-c2c3nc(c(C#Cc4ccc5s/c(=c6/sc7ccc(C#Cc8c9nc(c(-c%10ccc(C(=O)OCC)cc%10)c%10ccc(cc%11nc(c(-c%12ccc(C(=O)OCC)cc%12)c%12ccc8[n-]%12)C=C%11)[n-]%10)C=C9)c8cccc(c6=O)c78)c(=O)c6cccc4c56)c4ccc([n-]4)c(-c4ccc(C(=O)OCC)cc4)c4nc(cc5ccc2[n-]5)C=C4)C=C3)cc1.[Zn+2].[Zn+2]. The zero-order valence-corrected chi connectivity index (χ0v) is 75.7. The average molecular weight is 1780 g/mol. The first-order valence-corrected chi connectivity index (χ1v) is 41.8. The largest absolute Gasteiger partial charge is 2.00 e. The predicted molar refractivity (Wildman–Crippen MR) is 491 cm³/mol. The van der Waals surface area contributed by atoms with Crippen molar-refractivity contribution in [3.05, 3.63) is 338 Å². The minimum atomic E-state index is -0.434. The minimum absolute atomic E-state index is 0. The number of hydrogen-bond donors (Lipinski definition) is 0. The number of fused-ring (bicyclic) bond motifs is 16. The summed E-state index contributed by atoms with van der Waals surface area (Å²) in [6.07, 6.45) is 15.4. The van der Waals surface area contributed by atoms with Crippen LogP contribution in [0.5, 0.6) is 0 Å². The van der Waals surface area contributed by atoms with Crippen LogP contribution in [0.4, 0.5) is 0 Å². The van der Waals surface area contributed by atoms with Crippen LogP contribution in [-0.2, 0) is 57.9 Å². The fourth-order valence-corrected chi connectivity index (χ4v) is 18.4. The molecule has 4 aliphatic rings. The standard InChI is InChI=1S/C104H67N8O10S2.2Zn/c1-5-119-101(115)63-23-15-59(16-24-63)91-81-41-35-67(105-81)55-68-36-42-82(106-68)92(60-17-25-64(26-18-60)102(116)120-6-2)86-50-46-78(110-86)73(77-45-49-85(91)109-77)39-31-57-33-53-89-95-71(57)11-9-13-75(95)97(113)99(123-89)100-98(114)76-14-10-12-72-58(34-54-90(124-100)96(72)76)32-40-74-79-47-51-87(111-79)93(61-19-27-65(28-20-61)103(117)121-7-3)83-43-37-69(107-83)56-70-38-44-84(108-70)94(88-52-48-80(74)112-88)62-21-29-66(30-22-62)104(118)122-8-4;;/h9-30,33-38,41-56H,5-8H2,1-4H3,(H3-,105,106,107,108,109,110,111,112,113,114,115,116,117,118);;/q-1;2*+2/p-3. The van der Waals surface area contributed by atoms with E-state index >= 15 is 9.59 Å². The molecule has 0 saturated heterocycles. The zero-order valence-electron chi connectivity index (χ0n) is 68.1. The van der Waals surface area contributed by atoms with Crippen LogP contribution in [0.1, 0.15) is 137 Å². The van der Waals surface area contributed by atoms with Crippen molar-refractivity contribution in [2.75, 3.05) is 26.4 Å². The zero-order chi connectivity index (χ0) is 84.4. The Morgan fingerprint density at radius 3 is 0.968 bits per heavy atom. The number of carbonyl (C=O) groups excluding carboxylic acids is 4. The van der Waals surface area contributed by atoms with Gasteiger partial charge in [-0.25, -0.2) is 39.1 Å². The molecular weight excluding hydrogens is 1720 g/mol. The summed E-state index contributed by atoms with van der Waals surface area (Å²) in [6, 6.07) is 66.9. The van der Waals surface area contributed by atoms with Gasteiger partial charge < -0.3 is 38.9 Å². The second-order valence-corrected chi connectivity index (χ2v) is 31.4. The summed E-state index contributed by atoms with van der Waals surface area (Å²) in [4.78, 5) is 125. The fourth-order valence-electron chi connectivity index (χ4n) is 16.1. The molecule has 8 aromatic carbocycles. The van der Waals surface area contributed by atoms with Gasteiger partial charge in [0, 0.05) is 53.2 Å². The molecule has 0 amide bonds. The van der Waals surface area contributed by atoms with Gasteiger partial charge in [0.25, 0.3) is 0 Å². The topological polar surface area (TPSA) is 247 Å². The third-order valence-electron chi connectivity index (χ3n) is 21.8. The molecule has 16 bridgehead atoms. The molecule has 16 aromatic rings. The molecule has 0 unspecified atom stereocenters. The molecule has 126 heavy (non-hydrogen) atoms. The van der Waals surface area contributed by atoms with E-state index < -0.39 is 23.9 Å². The quantitative estimate of drug-likeness (QED) is 0.0477. The molecule has 0 fully saturated rings. The van der Waals surface area contributed by atoms with Gasteiger partial charge in [0.1, 0.15) is 0 Å². The number of nitrogens with zero attached hydrogens (tertiary/aromatic N) is 8. The van der Waals surface area contributed by atoms with E-state index in [0.717, 1.165) is 42.4 Å². The maximum atomic E-state index is 15.5. The van der Waals surface area contributed by atoms with E-state index in [1.54, 1.807) is 88.4 Å². The van der Waals surface area contributed by atoms with Crippen LogP contribution < -0.4 is 30.8 Å². The molecule has 0 N–H and O–H groups in total. The Kier molecular flexibility index (Phi) is 22.5. The second-order valence-electron chi connectivity index (χ2n) is 29.3. The van der Waals surface area contributed by atoms with E-state index in [1.807, 2.05) is 206 Å². The summed E-state index contributed by atoms with van der Waals surface area (Å²) in [5.41, 5.74) is 18.7. The number of aromatic nitrogens is 8. The molecule has 4 aliphatic heterocycles. The van der Waals surface area contributed by atoms with Gasteiger partial charge in [-0.3, -0.25) is 9.59 Å². The van der Waals surface area contributed by atoms with Gasteiger partial charge in [-0.05, 0) is 204 Å². The first-order chi connectivity index (χ1) is 60.7. The second kappa shape index (κ2) is 34.5. The van der Waals surface area contributed by atoms with Crippen LogP contribution in [0, 0.1) is 32.7 Å². The van der Waals surface area contributed by atoms with Gasteiger partial charge in [-0.15, -0.1) is 66.8 Å². The number of carbonyl (C=O) groups is 4. The molecule has 0 atom stereocenters. The Bertz CT molecular complexity index is 7600. The minimum Gasteiger partial charge on any atom is -0.657 e. The normalized spacial score (nSPS) is 12.0. The summed E-state index contributed by atoms with van der Waals surface area (Å²) in [5, 5.41) is 3.71. The Morgan fingerprint density at radius 2 is 0.619 bits per heavy atom. The van der Waals surface area contributed by atoms with Crippen molar-refractivity contribution in [2.45, 2.75) is 27.7 Å². The molecular formula is C104H64N8O10S2Zn2. The van der Waals surface area contributed by atoms with Gasteiger partial charge in [0.15, 0.2) is 0 Å². The van der Waals surface area contributed by atoms with Crippen molar-refractivity contribution in [3.63, 3.8) is 0 Å². The Balaban J connectivity index is 0.00000538. The number of ether oxygens (including phenoxy) is 4. The van der Waals surface area contributed by atoms with E-state index in [4.69, 9.17) is 58.8 Å². The molecule has 8 aromatic heterocycles. The Hall–Kier alpha value is -14.8. The third kappa shape index (κ3) is 15.3. The summed E-state index contributed by atoms with van der Waals surface area (Å²) >= 11 is 2.54. The molecule has 20 rings (SSSR count). The summed E-state index contributed by atoms with van der Waals surface area (Å²) < 4.78 is 23.5. The van der Waals surface area contributed by atoms with Crippen LogP contribution in [0.15, 0.2) is 228 Å². The Morgan fingerprint density at radius 1 is 0.317 bits per heavy atom. The average Bonchev–Trinajstić information content (AvgIpc) is 0.976. The van der Waals surface area contributed by atoms with Crippen molar-refractivity contribution >= 4 is 181 Å². The predicted octanol–water partition coefficient (Wildman–Crippen LogP) is 20.5. The van der Waals surface area contributed by atoms with Crippen LogP contribution in [0.3, 0.4) is 0 Å². The third-order valence-corrected chi connectivity index (χ3v) is 24.2. The van der Waals surface area contributed by atoms with E-state index in [1.165, 1.54) is 22.7 Å². The molecule has 0 radical (unpaired) electrons. The smallest absolute Gasteiger partial charge is 0.657 e. The van der Waals surface area contributed by atoms with Gasteiger partial charge in [0.05, 0.1) is 103 Å². The van der Waals surface area contributed by atoms with Crippen LogP contribution >= 0.6 is 22.7 Å². The van der Waals surface area contributed by atoms with Crippen molar-refractivity contribution < 1.29 is 77.1 Å². The first-order valence-electron chi connectivity index (χ1n) is 40.2. The van der Waals surface area contributed by atoms with E-state index in [-0.39, 0.29) is 76.2 Å². The van der Waals surface area contributed by atoms with Gasteiger partial charge in [-0.2, -0.15) is 0 Å². The van der Waals surface area contributed by atoms with Crippen molar-refractivity contribution in [1.29, 1.82) is 0 Å². The van der Waals surface area contributed by atoms with E-state index in [2.05, 4.69) is 23.7 Å². The van der Waals surface area contributed by atoms with E-state index in [0.29, 0.717) is 187 Å². The van der Waals surface area contributed by atoms with E-state index in [9.17, 15) is 19.2 Å². The monoisotopic (exact) mass is 1780 g/mol. The molecule has 0 aliphatic carbocycles. The first kappa shape index (κ1) is 82.2. The molecule has 0 saturated carbocycles. The molecule has 596 valence electrons. The molecule has 22 heteroatoms. The Labute approximate surface area is 752 Å². The maximum absolute atomic E-state index is 15.5. The van der Waals surface area contributed by atoms with Gasteiger partial charge in [-0.1, -0.05) is 169 Å². The number of benzene rings is 8. The number of esters is 4. The molecule has 0 spiro atoms. The summed E-state index contributed by atoms with van der Waals surface area (Å²) in [7, 11) is 0. The van der Waals surface area contributed by atoms with Crippen LogP contribution in [-0.4, -0.2) is 70.2 Å². The summed E-state index contributed by atoms with van der Waals surface area (Å²) in [6.45, 7) is 8.00. The van der Waals surface area contributed by atoms with Gasteiger partial charge >= 0.3 is 62.8 Å². The molecule has 18 nitrogen and oxygen atoms in total. The number of rotatable bonds is 12. The van der Waals surface area contributed by atoms with Crippen molar-refractivity contribution in [3.8, 4) is 68.2 Å². The number of hydrogen-bond acceptors (Lipinski definition) is 16. The van der Waals surface area contributed by atoms with Gasteiger partial charge in [0.2, 0.25) is 10.9 Å². The van der Waals surface area contributed by atoms with Crippen LogP contribution in [0.2, 0.25) is 0 Å². The maximum Gasteiger partial charge on any atom is 2.00 e. The van der Waals surface area contributed by atoms with Crippen molar-refractivity contribution in [2.24, 2.45) is 0 Å². The van der Waals surface area contributed by atoms with Crippen LogP contribution in [0.25, 0.3) is 179 Å². The fraction of sp³-hybridized carbons (Fsp3) is 0.0769.